The second kappa shape index (κ2) is 8.79. The van der Waals surface area contributed by atoms with Gasteiger partial charge in [0.25, 0.3) is 0 Å². The minimum Gasteiger partial charge on any atom is -0.404 e. The third kappa shape index (κ3) is 4.72. The van der Waals surface area contributed by atoms with Crippen LogP contribution < -0.4 is 5.73 Å². The van der Waals surface area contributed by atoms with Crippen molar-refractivity contribution in [2.24, 2.45) is 0 Å². The zero-order chi connectivity index (χ0) is 26.8. The molecule has 3 aromatic rings. The molecule has 5 rings (SSSR count). The second-order valence-corrected chi connectivity index (χ2v) is 11.0. The number of phosphoric acid groups is 1. The smallest absolute Gasteiger partial charge is 0.404 e. The Hall–Kier alpha value is -3.00. The number of nitrogens with two attached hydrogens (primary N) is 1. The number of nitrogen functional groups attached to an aromatic ring is 1. The number of aromatic nitrogens is 4. The molecular weight excluding hydrogens is 515 g/mol. The molecule has 2 aliphatic rings. The summed E-state index contributed by atoms with van der Waals surface area (Å²) in [6.07, 6.45) is 0.0754. The van der Waals surface area contributed by atoms with Crippen LogP contribution in [0, 0.1) is 11.6 Å². The van der Waals surface area contributed by atoms with Gasteiger partial charge < -0.3 is 25.2 Å². The first-order valence-corrected chi connectivity index (χ1v) is 12.6. The van der Waals surface area contributed by atoms with Gasteiger partial charge in [-0.05, 0) is 39.0 Å². The molecule has 37 heavy (non-hydrogen) atoms. The number of benzene rings is 1. The van der Waals surface area contributed by atoms with Crippen LogP contribution in [-0.2, 0) is 22.9 Å². The lowest BCUT2D eigenvalue weighted by molar-refractivity contribution is -0.0951. The number of ether oxygens (including phenoxy) is 1. The molecule has 0 saturated carbocycles. The Labute approximate surface area is 209 Å². The van der Waals surface area contributed by atoms with Gasteiger partial charge in [0.1, 0.15) is 47.0 Å². The molecule has 12 nitrogen and oxygen atoms in total. The number of aliphatic hydroxyl groups excluding tert-OH is 1. The first kappa shape index (κ1) is 25.6. The van der Waals surface area contributed by atoms with Crippen LogP contribution in [0.1, 0.15) is 32.6 Å². The van der Waals surface area contributed by atoms with Gasteiger partial charge in [-0.25, -0.2) is 28.3 Å². The van der Waals surface area contributed by atoms with Crippen molar-refractivity contribution in [3.63, 3.8) is 0 Å². The molecule has 0 radical (unpaired) electrons. The zero-order valence-corrected chi connectivity index (χ0v) is 20.8. The van der Waals surface area contributed by atoms with E-state index in [-0.39, 0.29) is 28.3 Å². The Kier molecular flexibility index (Phi) is 6.09. The second-order valence-electron chi connectivity index (χ2n) is 9.48. The van der Waals surface area contributed by atoms with Crippen molar-refractivity contribution < 1.29 is 41.9 Å². The largest absolute Gasteiger partial charge is 0.531 e. The fourth-order valence-electron chi connectivity index (χ4n) is 4.26. The molecule has 4 N–H and O–H groups in total. The summed E-state index contributed by atoms with van der Waals surface area (Å²) >= 11 is 0. The molecule has 0 bridgehead atoms. The van der Waals surface area contributed by atoms with Crippen LogP contribution in [0.25, 0.3) is 16.9 Å². The normalized spacial score (nSPS) is 31.3. The third-order valence-corrected chi connectivity index (χ3v) is 7.55. The number of hydrogen-bond acceptors (Lipinski definition) is 11. The van der Waals surface area contributed by atoms with Gasteiger partial charge in [-0.15, -0.1) is 0 Å². The van der Waals surface area contributed by atoms with Gasteiger partial charge in [0.2, 0.25) is 0 Å². The average molecular weight is 539 g/mol. The first-order chi connectivity index (χ1) is 17.3. The maximum absolute atomic E-state index is 13.8. The lowest BCUT2D eigenvalue weighted by atomic mass is 9.96. The van der Waals surface area contributed by atoms with Crippen LogP contribution in [0.2, 0.25) is 0 Å². The molecule has 4 heterocycles. The Morgan fingerprint density at radius 2 is 1.89 bits per heavy atom. The van der Waals surface area contributed by atoms with Crippen molar-refractivity contribution in [2.45, 2.75) is 50.4 Å². The highest BCUT2D eigenvalue weighted by atomic mass is 31.2. The van der Waals surface area contributed by atoms with E-state index in [2.05, 4.69) is 15.0 Å². The number of halogens is 2. The predicted molar refractivity (Wildman–Crippen MR) is 124 cm³/mol. The van der Waals surface area contributed by atoms with Crippen LogP contribution in [0.4, 0.5) is 14.6 Å². The molecule has 5 atom stereocenters. The van der Waals surface area contributed by atoms with E-state index in [0.29, 0.717) is 6.07 Å². The summed E-state index contributed by atoms with van der Waals surface area (Å²) in [5.74, 6) is -1.70. The number of hydrogen-bond donors (Lipinski definition) is 3. The highest BCUT2D eigenvalue weighted by molar-refractivity contribution is 7.49. The average Bonchev–Trinajstić information content (AvgIpc) is 3.30. The molecule has 1 fully saturated rings. The van der Waals surface area contributed by atoms with Gasteiger partial charge >= 0.3 is 7.82 Å². The number of nitrogens with zero attached hydrogens (tertiary/aromatic N) is 4. The molecule has 0 amide bonds. The van der Waals surface area contributed by atoms with Crippen molar-refractivity contribution in [1.82, 2.24) is 19.5 Å². The maximum atomic E-state index is 13.8. The van der Waals surface area contributed by atoms with Gasteiger partial charge in [0, 0.05) is 11.6 Å². The number of anilines is 1. The van der Waals surface area contributed by atoms with Crippen LogP contribution in [0.3, 0.4) is 0 Å². The molecule has 2 aromatic heterocycles. The fourth-order valence-corrected chi connectivity index (χ4v) is 5.76. The number of rotatable bonds is 5. The van der Waals surface area contributed by atoms with E-state index in [4.69, 9.17) is 24.0 Å². The Bertz CT molecular complexity index is 1430. The molecule has 1 aromatic carbocycles. The van der Waals surface area contributed by atoms with E-state index in [0.717, 1.165) is 12.1 Å². The van der Waals surface area contributed by atoms with E-state index in [1.165, 1.54) is 30.2 Å². The number of fused-ring (bicyclic) bond motifs is 1. The first-order valence-electron chi connectivity index (χ1n) is 11.1. The topological polar surface area (TPSA) is 164 Å². The third-order valence-electron chi connectivity index (χ3n) is 5.97. The minimum atomic E-state index is -4.38. The Morgan fingerprint density at radius 1 is 1.19 bits per heavy atom. The quantitative estimate of drug-likeness (QED) is 0.408. The maximum Gasteiger partial charge on any atom is 0.531 e. The number of imidazole rings is 1. The van der Waals surface area contributed by atoms with E-state index in [9.17, 15) is 23.6 Å². The lowest BCUT2D eigenvalue weighted by Crippen LogP contribution is -2.44. The highest BCUT2D eigenvalue weighted by Gasteiger charge is 2.54. The van der Waals surface area contributed by atoms with Gasteiger partial charge in [-0.3, -0.25) is 13.6 Å². The standard InChI is InChI=1S/C22H24F2N5O7P/c1-21(2)7-14(11-4-12(23)6-13(24)5-11)35-37(32,36-21)33-8-15-17(30)22(3,31)20(34-15)29-10-28-16-18(25)26-9-27-19(16)29/h4-7,9-10,15,17,20,30-31H,8H2,1-3H3,(H2,25,26,27)/t15-,17-,20-,22-,37?/m1/s1. The lowest BCUT2D eigenvalue weighted by Gasteiger charge is -2.33. The molecule has 1 saturated heterocycles. The summed E-state index contributed by atoms with van der Waals surface area (Å²) in [6, 6.07) is 2.71. The van der Waals surface area contributed by atoms with E-state index < -0.39 is 55.7 Å². The van der Waals surface area contributed by atoms with Crippen molar-refractivity contribution >= 4 is 30.6 Å². The van der Waals surface area contributed by atoms with E-state index in [1.807, 2.05) is 0 Å². The minimum absolute atomic E-state index is 0.00824. The van der Waals surface area contributed by atoms with E-state index in [1.54, 1.807) is 13.8 Å². The van der Waals surface area contributed by atoms with Crippen molar-refractivity contribution in [1.29, 1.82) is 0 Å². The molecule has 0 spiro atoms. The summed E-state index contributed by atoms with van der Waals surface area (Å²) in [5.41, 5.74) is 3.30. The number of phosphoric ester groups is 1. The van der Waals surface area contributed by atoms with Crippen LogP contribution in [-0.4, -0.2) is 59.7 Å². The summed E-state index contributed by atoms with van der Waals surface area (Å²) in [4.78, 5) is 12.1. The van der Waals surface area contributed by atoms with Crippen molar-refractivity contribution in [3.8, 4) is 0 Å². The summed E-state index contributed by atoms with van der Waals surface area (Å²) in [7, 11) is -4.38. The SMILES string of the molecule is CC1(C)C=C(c2cc(F)cc(F)c2)OP(=O)(OC[C@H]2O[C@@H](n3cnc4c(N)ncnc43)[C@](C)(O)[C@@H]2O)O1. The van der Waals surface area contributed by atoms with Crippen LogP contribution in [0.15, 0.2) is 36.9 Å². The fraction of sp³-hybridized carbons (Fsp3) is 0.409. The monoisotopic (exact) mass is 539 g/mol. The molecule has 2 aliphatic heterocycles. The molecule has 1 unspecified atom stereocenters. The van der Waals surface area contributed by atoms with Gasteiger partial charge in [0.05, 0.1) is 18.5 Å². The molecule has 0 aliphatic carbocycles. The predicted octanol–water partition coefficient (Wildman–Crippen LogP) is 2.69. The molecular formula is C22H24F2N5O7P. The van der Waals surface area contributed by atoms with Gasteiger partial charge in [-0.2, -0.15) is 0 Å². The summed E-state index contributed by atoms with van der Waals surface area (Å²) in [5, 5.41) is 21.9. The Morgan fingerprint density at radius 3 is 2.59 bits per heavy atom. The Balaban J connectivity index is 1.36. The zero-order valence-electron chi connectivity index (χ0n) is 19.9. The van der Waals surface area contributed by atoms with Gasteiger partial charge in [0.15, 0.2) is 17.7 Å². The van der Waals surface area contributed by atoms with Crippen LogP contribution >= 0.6 is 7.82 Å². The van der Waals surface area contributed by atoms with Crippen molar-refractivity contribution in [3.05, 3.63) is 54.1 Å². The number of aliphatic hydroxyl groups is 2. The van der Waals surface area contributed by atoms with Gasteiger partial charge in [-0.1, -0.05) is 0 Å². The van der Waals surface area contributed by atoms with Crippen LogP contribution in [0.5, 0.6) is 0 Å². The van der Waals surface area contributed by atoms with E-state index >= 15 is 0 Å². The summed E-state index contributed by atoms with van der Waals surface area (Å²) in [6.45, 7) is 3.92. The summed E-state index contributed by atoms with van der Waals surface area (Å²) < 4.78 is 64.5. The van der Waals surface area contributed by atoms with Crippen molar-refractivity contribution in [2.75, 3.05) is 12.3 Å². The molecule has 198 valence electrons. The molecule has 15 heteroatoms. The highest BCUT2D eigenvalue weighted by Crippen LogP contribution is 2.59.